The molecule has 11 heteroatoms. The Morgan fingerprint density at radius 2 is 1.61 bits per heavy atom. The molecule has 1 atom stereocenters. The van der Waals surface area contributed by atoms with Crippen LogP contribution in [0.4, 0.5) is 18.9 Å². The fourth-order valence-electron chi connectivity index (χ4n) is 3.55. The topological polar surface area (TPSA) is 125 Å². The molecule has 3 amide bonds. The lowest BCUT2D eigenvalue weighted by Gasteiger charge is -2.25. The molecule has 2 aromatic carbocycles. The number of hydrogen-bond donors (Lipinski definition) is 5. The Morgan fingerprint density at radius 3 is 2.18 bits per heavy atom. The van der Waals surface area contributed by atoms with E-state index in [0.29, 0.717) is 19.2 Å². The van der Waals surface area contributed by atoms with Gasteiger partial charge in [0.2, 0.25) is 11.8 Å². The number of halogens is 3. The van der Waals surface area contributed by atoms with Crippen molar-refractivity contribution in [3.63, 3.8) is 0 Å². The number of aryl methyl sites for hydroxylation is 1. The van der Waals surface area contributed by atoms with E-state index in [9.17, 15) is 27.6 Å². The van der Waals surface area contributed by atoms with Gasteiger partial charge in [-0.15, -0.1) is 0 Å². The number of nitrogen functional groups attached to an aromatic ring is 1. The average molecular weight is 536 g/mol. The van der Waals surface area contributed by atoms with E-state index in [1.807, 2.05) is 32.9 Å². The van der Waals surface area contributed by atoms with Crippen molar-refractivity contribution in [2.24, 2.45) is 0 Å². The van der Waals surface area contributed by atoms with Gasteiger partial charge in [-0.1, -0.05) is 31.2 Å². The lowest BCUT2D eigenvalue weighted by molar-refractivity contribution is -0.137. The monoisotopic (exact) mass is 535 g/mol. The Morgan fingerprint density at radius 1 is 0.974 bits per heavy atom. The lowest BCUT2D eigenvalue weighted by Crippen LogP contribution is -2.54. The summed E-state index contributed by atoms with van der Waals surface area (Å²) >= 11 is 0. The maximum absolute atomic E-state index is 13.0. The van der Waals surface area contributed by atoms with Gasteiger partial charge in [0.25, 0.3) is 5.91 Å². The first-order valence-corrected chi connectivity index (χ1v) is 12.3. The van der Waals surface area contributed by atoms with Crippen molar-refractivity contribution in [1.82, 2.24) is 21.3 Å². The van der Waals surface area contributed by atoms with Crippen molar-refractivity contribution in [2.45, 2.75) is 64.8 Å². The van der Waals surface area contributed by atoms with Gasteiger partial charge >= 0.3 is 6.18 Å². The maximum atomic E-state index is 13.0. The van der Waals surface area contributed by atoms with Gasteiger partial charge in [0.1, 0.15) is 6.04 Å². The van der Waals surface area contributed by atoms with Gasteiger partial charge in [-0.05, 0) is 69.5 Å². The molecule has 38 heavy (non-hydrogen) atoms. The summed E-state index contributed by atoms with van der Waals surface area (Å²) in [5.74, 6) is -1.95. The summed E-state index contributed by atoms with van der Waals surface area (Å²) in [6.45, 7) is 7.98. The van der Waals surface area contributed by atoms with Gasteiger partial charge in [0.05, 0.1) is 12.1 Å². The van der Waals surface area contributed by atoms with Crippen LogP contribution in [0.5, 0.6) is 0 Å². The van der Waals surface area contributed by atoms with E-state index in [0.717, 1.165) is 24.1 Å². The third-order valence-electron chi connectivity index (χ3n) is 5.47. The van der Waals surface area contributed by atoms with Gasteiger partial charge < -0.3 is 27.0 Å². The Bertz CT molecular complexity index is 1110. The van der Waals surface area contributed by atoms with Crippen LogP contribution in [0.3, 0.4) is 0 Å². The number of hydrogen-bond acceptors (Lipinski definition) is 5. The maximum Gasteiger partial charge on any atom is 0.416 e. The summed E-state index contributed by atoms with van der Waals surface area (Å²) in [7, 11) is 0. The molecule has 0 aromatic heterocycles. The minimum atomic E-state index is -4.68. The number of benzene rings is 2. The van der Waals surface area contributed by atoms with Crippen LogP contribution in [0.25, 0.3) is 0 Å². The smallest absolute Gasteiger partial charge is 0.399 e. The second-order valence-corrected chi connectivity index (χ2v) is 10.0. The third kappa shape index (κ3) is 10.4. The van der Waals surface area contributed by atoms with Crippen molar-refractivity contribution in [3.8, 4) is 0 Å². The van der Waals surface area contributed by atoms with Crippen molar-refractivity contribution in [1.29, 1.82) is 0 Å². The summed E-state index contributed by atoms with van der Waals surface area (Å²) < 4.78 is 39.1. The molecule has 0 heterocycles. The molecular weight excluding hydrogens is 499 g/mol. The number of nitrogens with two attached hydrogens (primary N) is 1. The van der Waals surface area contributed by atoms with Crippen LogP contribution in [0.15, 0.2) is 42.5 Å². The van der Waals surface area contributed by atoms with E-state index in [-0.39, 0.29) is 17.7 Å². The van der Waals surface area contributed by atoms with Gasteiger partial charge in [-0.25, -0.2) is 0 Å². The highest BCUT2D eigenvalue weighted by Crippen LogP contribution is 2.31. The summed E-state index contributed by atoms with van der Waals surface area (Å²) in [6, 6.07) is 9.73. The van der Waals surface area contributed by atoms with Gasteiger partial charge in [0.15, 0.2) is 0 Å². The van der Waals surface area contributed by atoms with Crippen molar-refractivity contribution in [3.05, 3.63) is 64.7 Å². The molecule has 0 spiro atoms. The fraction of sp³-hybridized carbons (Fsp3) is 0.444. The molecule has 2 aromatic rings. The third-order valence-corrected chi connectivity index (χ3v) is 5.47. The van der Waals surface area contributed by atoms with Crippen LogP contribution in [0, 0.1) is 0 Å². The van der Waals surface area contributed by atoms with Gasteiger partial charge in [-0.3, -0.25) is 14.4 Å². The zero-order valence-electron chi connectivity index (χ0n) is 22.1. The summed E-state index contributed by atoms with van der Waals surface area (Å²) in [6.07, 6.45) is -3.45. The molecule has 6 N–H and O–H groups in total. The van der Waals surface area contributed by atoms with Crippen LogP contribution in [0.2, 0.25) is 0 Å². The van der Waals surface area contributed by atoms with Gasteiger partial charge in [-0.2, -0.15) is 13.2 Å². The molecule has 0 fully saturated rings. The molecule has 0 saturated heterocycles. The molecular formula is C27H36F3N5O3. The molecule has 0 aliphatic rings. The Kier molecular flexibility index (Phi) is 10.7. The molecule has 0 aliphatic heterocycles. The Hall–Kier alpha value is -3.60. The zero-order valence-corrected chi connectivity index (χ0v) is 22.1. The molecule has 0 unspecified atom stereocenters. The Labute approximate surface area is 220 Å². The number of anilines is 1. The van der Waals surface area contributed by atoms with E-state index >= 15 is 0 Å². The number of nitrogens with one attached hydrogen (secondary N) is 4. The molecule has 0 aliphatic carbocycles. The Balaban J connectivity index is 1.96. The first-order valence-electron chi connectivity index (χ1n) is 12.3. The standard InChI is InChI=1S/C27H36F3N5O3/c1-5-17-6-8-18(9-7-17)15-32-11-10-22(25(38)35-26(2,3)4)34-23(36)16-33-24(37)19-12-20(27(28,29)30)14-21(31)13-19/h6-9,12-14,22,32H,5,10-11,15-16,31H2,1-4H3,(H,33,37)(H,34,36)(H,35,38)/t22-/m0/s1. The quantitative estimate of drug-likeness (QED) is 0.223. The molecule has 0 radical (unpaired) electrons. The molecule has 8 nitrogen and oxygen atoms in total. The minimum absolute atomic E-state index is 0.234. The molecule has 208 valence electrons. The van der Waals surface area contributed by atoms with Crippen LogP contribution < -0.4 is 27.0 Å². The number of alkyl halides is 3. The number of carbonyl (C=O) groups excluding carboxylic acids is 3. The normalized spacial score (nSPS) is 12.5. The second kappa shape index (κ2) is 13.3. The first kappa shape index (κ1) is 30.6. The summed E-state index contributed by atoms with van der Waals surface area (Å²) in [5.41, 5.74) is 5.65. The van der Waals surface area contributed by atoms with Crippen LogP contribution in [0.1, 0.15) is 61.2 Å². The number of carbonyl (C=O) groups is 3. The van der Waals surface area contributed by atoms with Gasteiger partial charge in [0, 0.05) is 23.3 Å². The van der Waals surface area contributed by atoms with Crippen LogP contribution in [-0.4, -0.2) is 42.4 Å². The second-order valence-electron chi connectivity index (χ2n) is 10.0. The highest BCUT2D eigenvalue weighted by atomic mass is 19.4. The largest absolute Gasteiger partial charge is 0.416 e. The summed E-state index contributed by atoms with van der Waals surface area (Å²) in [5, 5.41) is 10.9. The van der Waals surface area contributed by atoms with E-state index in [2.05, 4.69) is 40.3 Å². The fourth-order valence-corrected chi connectivity index (χ4v) is 3.55. The number of rotatable bonds is 11. The number of amides is 3. The molecule has 0 bridgehead atoms. The zero-order chi connectivity index (χ0) is 28.5. The van der Waals surface area contributed by atoms with Crippen molar-refractivity contribution >= 4 is 23.4 Å². The van der Waals surface area contributed by atoms with E-state index in [1.165, 1.54) is 5.56 Å². The highest BCUT2D eigenvalue weighted by molar-refractivity contribution is 5.98. The predicted molar refractivity (Wildman–Crippen MR) is 140 cm³/mol. The highest BCUT2D eigenvalue weighted by Gasteiger charge is 2.32. The van der Waals surface area contributed by atoms with E-state index in [1.54, 1.807) is 0 Å². The predicted octanol–water partition coefficient (Wildman–Crippen LogP) is 3.16. The van der Waals surface area contributed by atoms with E-state index < -0.39 is 47.6 Å². The SMILES string of the molecule is CCc1ccc(CNCC[C@H](NC(=O)CNC(=O)c2cc(N)cc(C(F)(F)F)c2)C(=O)NC(C)(C)C)cc1. The summed E-state index contributed by atoms with van der Waals surface area (Å²) in [4.78, 5) is 37.7. The van der Waals surface area contributed by atoms with Crippen LogP contribution >= 0.6 is 0 Å². The first-order chi connectivity index (χ1) is 17.7. The van der Waals surface area contributed by atoms with Crippen LogP contribution in [-0.2, 0) is 28.7 Å². The van der Waals surface area contributed by atoms with Crippen molar-refractivity contribution < 1.29 is 27.6 Å². The molecule has 2 rings (SSSR count). The minimum Gasteiger partial charge on any atom is -0.399 e. The lowest BCUT2D eigenvalue weighted by atomic mass is 10.1. The van der Waals surface area contributed by atoms with Crippen molar-refractivity contribution in [2.75, 3.05) is 18.8 Å². The van der Waals surface area contributed by atoms with E-state index in [4.69, 9.17) is 5.73 Å². The average Bonchev–Trinajstić information content (AvgIpc) is 2.82. The molecule has 0 saturated carbocycles.